The average Bonchev–Trinajstić information content (AvgIpc) is 2.75. The van der Waals surface area contributed by atoms with Crippen LogP contribution >= 0.6 is 0 Å². The molecule has 0 bridgehead atoms. The molecule has 0 spiro atoms. The van der Waals surface area contributed by atoms with Gasteiger partial charge in [0.15, 0.2) is 0 Å². The van der Waals surface area contributed by atoms with Crippen LogP contribution in [0.15, 0.2) is 12.3 Å². The molecule has 1 rings (SSSR count). The highest BCUT2D eigenvalue weighted by atomic mass is 16.4. The minimum atomic E-state index is -1.05. The van der Waals surface area contributed by atoms with Gasteiger partial charge in [-0.3, -0.25) is 9.48 Å². The van der Waals surface area contributed by atoms with Crippen LogP contribution in [0.4, 0.5) is 0 Å². The fourth-order valence-electron chi connectivity index (χ4n) is 1.57. The third-order valence-corrected chi connectivity index (χ3v) is 2.79. The van der Waals surface area contributed by atoms with Crippen molar-refractivity contribution in [3.63, 3.8) is 0 Å². The molecule has 1 heterocycles. The number of hydrogen-bond donors (Lipinski definition) is 2. The summed E-state index contributed by atoms with van der Waals surface area (Å²) < 4.78 is 1.81. The monoisotopic (exact) mass is 253 g/mol. The lowest BCUT2D eigenvalue weighted by atomic mass is 10.1. The Labute approximate surface area is 106 Å². The zero-order valence-electron chi connectivity index (χ0n) is 10.9. The largest absolute Gasteiger partial charge is 0.480 e. The van der Waals surface area contributed by atoms with Crippen molar-refractivity contribution in [3.8, 4) is 0 Å². The molecule has 18 heavy (non-hydrogen) atoms. The lowest BCUT2D eigenvalue weighted by molar-refractivity contribution is -0.141. The van der Waals surface area contributed by atoms with Crippen molar-refractivity contribution in [2.45, 2.75) is 45.7 Å². The molecule has 0 aromatic carbocycles. The number of carbonyl (C=O) groups is 2. The summed E-state index contributed by atoms with van der Waals surface area (Å²) in [7, 11) is 0. The Kier molecular flexibility index (Phi) is 4.88. The van der Waals surface area contributed by atoms with Gasteiger partial charge in [0, 0.05) is 25.6 Å². The number of carboxylic acid groups (broad SMARTS) is 1. The number of hydrogen-bond acceptors (Lipinski definition) is 3. The molecule has 1 amide bonds. The van der Waals surface area contributed by atoms with Crippen molar-refractivity contribution in [1.82, 2.24) is 15.1 Å². The predicted octanol–water partition coefficient (Wildman–Crippen LogP) is 0.986. The van der Waals surface area contributed by atoms with Crippen molar-refractivity contribution in [2.75, 3.05) is 0 Å². The van der Waals surface area contributed by atoms with Crippen molar-refractivity contribution < 1.29 is 14.7 Å². The van der Waals surface area contributed by atoms with E-state index in [1.165, 1.54) is 6.92 Å². The molecular formula is C12H19N3O3. The topological polar surface area (TPSA) is 84.2 Å². The smallest absolute Gasteiger partial charge is 0.326 e. The van der Waals surface area contributed by atoms with Gasteiger partial charge in [0.2, 0.25) is 5.91 Å². The van der Waals surface area contributed by atoms with Gasteiger partial charge in [-0.2, -0.15) is 5.10 Å². The molecule has 1 aromatic heterocycles. The molecule has 100 valence electrons. The first-order valence-electron chi connectivity index (χ1n) is 5.98. The molecule has 0 aliphatic heterocycles. The maximum Gasteiger partial charge on any atom is 0.326 e. The van der Waals surface area contributed by atoms with Crippen LogP contribution in [0.1, 0.15) is 38.9 Å². The van der Waals surface area contributed by atoms with E-state index in [2.05, 4.69) is 17.3 Å². The molecule has 6 nitrogen and oxygen atoms in total. The van der Waals surface area contributed by atoms with E-state index in [9.17, 15) is 9.59 Å². The van der Waals surface area contributed by atoms with Gasteiger partial charge in [0.1, 0.15) is 6.04 Å². The van der Waals surface area contributed by atoms with Crippen molar-refractivity contribution in [1.29, 1.82) is 0 Å². The van der Waals surface area contributed by atoms with Crippen molar-refractivity contribution >= 4 is 11.9 Å². The second-order valence-corrected chi connectivity index (χ2v) is 4.34. The maximum absolute atomic E-state index is 11.0. The molecule has 2 atom stereocenters. The number of nitrogens with one attached hydrogen (secondary N) is 1. The Morgan fingerprint density at radius 1 is 1.56 bits per heavy atom. The highest BCUT2D eigenvalue weighted by Crippen LogP contribution is 2.10. The highest BCUT2D eigenvalue weighted by molar-refractivity contribution is 5.82. The number of nitrogens with zero attached hydrogens (tertiary/aromatic N) is 2. The van der Waals surface area contributed by atoms with Crippen molar-refractivity contribution in [2.24, 2.45) is 0 Å². The first-order valence-corrected chi connectivity index (χ1v) is 5.98. The number of amides is 1. The molecule has 0 radical (unpaired) electrons. The minimum absolute atomic E-state index is 0.193. The summed E-state index contributed by atoms with van der Waals surface area (Å²) in [5.74, 6) is -1.41. The van der Waals surface area contributed by atoms with E-state index in [1.54, 1.807) is 6.07 Å². The standard InChI is InChI=1S/C12H19N3O3/c1-4-8(2)15-6-5-10(14-15)7-11(12(17)18)13-9(3)16/h5-6,8,11H,4,7H2,1-3H3,(H,13,16)(H,17,18). The van der Waals surface area contributed by atoms with E-state index in [0.717, 1.165) is 6.42 Å². The van der Waals surface area contributed by atoms with Crippen LogP contribution in [0.25, 0.3) is 0 Å². The van der Waals surface area contributed by atoms with Crippen LogP contribution in [0, 0.1) is 0 Å². The number of carboxylic acids is 1. The Morgan fingerprint density at radius 3 is 2.72 bits per heavy atom. The van der Waals surface area contributed by atoms with Gasteiger partial charge in [-0.05, 0) is 19.4 Å². The lowest BCUT2D eigenvalue weighted by Gasteiger charge is -2.12. The molecular weight excluding hydrogens is 234 g/mol. The summed E-state index contributed by atoms with van der Waals surface area (Å²) in [6.07, 6.45) is 2.98. The van der Waals surface area contributed by atoms with E-state index in [0.29, 0.717) is 5.69 Å². The van der Waals surface area contributed by atoms with Gasteiger partial charge >= 0.3 is 5.97 Å². The average molecular weight is 253 g/mol. The van der Waals surface area contributed by atoms with Crippen LogP contribution < -0.4 is 5.32 Å². The fraction of sp³-hybridized carbons (Fsp3) is 0.583. The zero-order chi connectivity index (χ0) is 13.7. The Balaban J connectivity index is 2.72. The van der Waals surface area contributed by atoms with Crippen LogP contribution in [0.3, 0.4) is 0 Å². The van der Waals surface area contributed by atoms with Gasteiger partial charge in [-0.15, -0.1) is 0 Å². The summed E-state index contributed by atoms with van der Waals surface area (Å²) in [4.78, 5) is 21.9. The fourth-order valence-corrected chi connectivity index (χ4v) is 1.57. The highest BCUT2D eigenvalue weighted by Gasteiger charge is 2.20. The van der Waals surface area contributed by atoms with Crippen LogP contribution in [-0.4, -0.2) is 32.8 Å². The first-order chi connectivity index (χ1) is 8.43. The molecule has 1 aromatic rings. The van der Waals surface area contributed by atoms with Crippen molar-refractivity contribution in [3.05, 3.63) is 18.0 Å². The maximum atomic E-state index is 11.0. The van der Waals surface area contributed by atoms with Gasteiger partial charge < -0.3 is 10.4 Å². The minimum Gasteiger partial charge on any atom is -0.480 e. The lowest BCUT2D eigenvalue weighted by Crippen LogP contribution is -2.41. The second kappa shape index (κ2) is 6.18. The van der Waals surface area contributed by atoms with E-state index >= 15 is 0 Å². The zero-order valence-corrected chi connectivity index (χ0v) is 10.9. The summed E-state index contributed by atoms with van der Waals surface area (Å²) in [6.45, 7) is 5.40. The summed E-state index contributed by atoms with van der Waals surface area (Å²) >= 11 is 0. The second-order valence-electron chi connectivity index (χ2n) is 4.34. The van der Waals surface area contributed by atoms with E-state index in [1.807, 2.05) is 17.8 Å². The summed E-state index contributed by atoms with van der Waals surface area (Å²) in [5, 5.41) is 15.7. The Hall–Kier alpha value is -1.85. The van der Waals surface area contributed by atoms with E-state index < -0.39 is 12.0 Å². The Bertz CT molecular complexity index is 428. The molecule has 2 N–H and O–H groups in total. The predicted molar refractivity (Wildman–Crippen MR) is 66.2 cm³/mol. The third kappa shape index (κ3) is 3.87. The molecule has 0 saturated carbocycles. The van der Waals surface area contributed by atoms with Gasteiger partial charge in [-0.25, -0.2) is 4.79 Å². The quantitative estimate of drug-likeness (QED) is 0.791. The summed E-state index contributed by atoms with van der Waals surface area (Å²) in [5.41, 5.74) is 0.663. The van der Waals surface area contributed by atoms with E-state index in [-0.39, 0.29) is 18.4 Å². The molecule has 2 unspecified atom stereocenters. The van der Waals surface area contributed by atoms with E-state index in [4.69, 9.17) is 5.11 Å². The first kappa shape index (κ1) is 14.2. The normalized spacial score (nSPS) is 13.9. The molecule has 0 aliphatic carbocycles. The number of rotatable bonds is 6. The number of carbonyl (C=O) groups excluding carboxylic acids is 1. The van der Waals surface area contributed by atoms with Gasteiger partial charge in [-0.1, -0.05) is 6.92 Å². The third-order valence-electron chi connectivity index (χ3n) is 2.79. The van der Waals surface area contributed by atoms with Crippen LogP contribution in [0.5, 0.6) is 0 Å². The molecule has 0 aliphatic rings. The van der Waals surface area contributed by atoms with Gasteiger partial charge in [0.25, 0.3) is 0 Å². The van der Waals surface area contributed by atoms with Crippen LogP contribution in [-0.2, 0) is 16.0 Å². The number of aliphatic carboxylic acids is 1. The molecule has 6 heteroatoms. The molecule has 0 saturated heterocycles. The number of aromatic nitrogens is 2. The summed E-state index contributed by atoms with van der Waals surface area (Å²) in [6, 6.07) is 1.13. The van der Waals surface area contributed by atoms with Gasteiger partial charge in [0.05, 0.1) is 5.69 Å². The molecule has 0 fully saturated rings. The van der Waals surface area contributed by atoms with Crippen LogP contribution in [0.2, 0.25) is 0 Å². The Morgan fingerprint density at radius 2 is 2.22 bits per heavy atom. The SMILES string of the molecule is CCC(C)n1ccc(CC(NC(C)=O)C(=O)O)n1.